The van der Waals surface area contributed by atoms with Crippen LogP contribution in [0.3, 0.4) is 0 Å². The Labute approximate surface area is 147 Å². The number of guanidine groups is 1. The number of nitrogens with one attached hydrogen (secondary N) is 2. The number of likely N-dealkylation sites (tertiary alicyclic amines) is 1. The van der Waals surface area contributed by atoms with E-state index in [-0.39, 0.29) is 0 Å². The van der Waals surface area contributed by atoms with E-state index in [9.17, 15) is 0 Å². The van der Waals surface area contributed by atoms with Crippen LogP contribution in [0.15, 0.2) is 4.99 Å². The standard InChI is InChI=1S/C18H36N6/c1-14-12-24(16-5-6-16)13-17(14)21-18(19-3)20-11-15(2)23-9-7-22(4)8-10-23/h14-17H,5-13H2,1-4H3,(H2,19,20,21). The van der Waals surface area contributed by atoms with Crippen molar-refractivity contribution >= 4 is 5.96 Å². The smallest absolute Gasteiger partial charge is 0.191 e. The van der Waals surface area contributed by atoms with Gasteiger partial charge in [0, 0.05) is 71.0 Å². The molecule has 138 valence electrons. The third kappa shape index (κ3) is 4.61. The van der Waals surface area contributed by atoms with Crippen molar-refractivity contribution in [1.82, 2.24) is 25.3 Å². The summed E-state index contributed by atoms with van der Waals surface area (Å²) in [4.78, 5) is 12.1. The van der Waals surface area contributed by atoms with Gasteiger partial charge in [0.1, 0.15) is 0 Å². The molecule has 2 heterocycles. The molecule has 0 bridgehead atoms. The molecule has 0 aromatic heterocycles. The lowest BCUT2D eigenvalue weighted by Gasteiger charge is -2.36. The fourth-order valence-corrected chi connectivity index (χ4v) is 3.94. The molecule has 2 aliphatic heterocycles. The topological polar surface area (TPSA) is 46.1 Å². The number of nitrogens with zero attached hydrogens (tertiary/aromatic N) is 4. The second-order valence-electron chi connectivity index (χ2n) is 8.05. The number of rotatable bonds is 5. The van der Waals surface area contributed by atoms with E-state index in [4.69, 9.17) is 0 Å². The molecule has 0 spiro atoms. The average Bonchev–Trinajstić information content (AvgIpc) is 3.36. The normalized spacial score (nSPS) is 32.1. The Kier molecular flexibility index (Phi) is 6.00. The quantitative estimate of drug-likeness (QED) is 0.557. The van der Waals surface area contributed by atoms with E-state index in [2.05, 4.69) is 51.2 Å². The van der Waals surface area contributed by atoms with Gasteiger partial charge in [0.2, 0.25) is 0 Å². The Balaban J connectivity index is 1.41. The highest BCUT2D eigenvalue weighted by atomic mass is 15.3. The number of likely N-dealkylation sites (N-methyl/N-ethyl adjacent to an activating group) is 1. The van der Waals surface area contributed by atoms with Crippen molar-refractivity contribution in [2.75, 3.05) is 59.9 Å². The minimum atomic E-state index is 0.524. The zero-order valence-corrected chi connectivity index (χ0v) is 16.0. The first-order valence-electron chi connectivity index (χ1n) is 9.70. The minimum absolute atomic E-state index is 0.524. The third-order valence-corrected chi connectivity index (χ3v) is 5.98. The first-order chi connectivity index (χ1) is 11.6. The summed E-state index contributed by atoms with van der Waals surface area (Å²) >= 11 is 0. The first kappa shape index (κ1) is 18.0. The lowest BCUT2D eigenvalue weighted by molar-refractivity contribution is 0.120. The van der Waals surface area contributed by atoms with Crippen molar-refractivity contribution < 1.29 is 0 Å². The van der Waals surface area contributed by atoms with Crippen LogP contribution in [0, 0.1) is 5.92 Å². The van der Waals surface area contributed by atoms with Gasteiger partial charge in [0.05, 0.1) is 0 Å². The minimum Gasteiger partial charge on any atom is -0.355 e. The maximum absolute atomic E-state index is 4.45. The highest BCUT2D eigenvalue weighted by molar-refractivity contribution is 5.80. The number of hydrogen-bond donors (Lipinski definition) is 2. The zero-order valence-electron chi connectivity index (χ0n) is 16.0. The lowest BCUT2D eigenvalue weighted by atomic mass is 10.1. The highest BCUT2D eigenvalue weighted by Crippen LogP contribution is 2.31. The maximum atomic E-state index is 4.45. The number of aliphatic imine (C=N–C) groups is 1. The van der Waals surface area contributed by atoms with Gasteiger partial charge in [-0.25, -0.2) is 0 Å². The van der Waals surface area contributed by atoms with Gasteiger partial charge in [-0.05, 0) is 32.7 Å². The Morgan fingerprint density at radius 1 is 1.17 bits per heavy atom. The molecule has 2 saturated heterocycles. The van der Waals surface area contributed by atoms with Crippen molar-refractivity contribution in [3.63, 3.8) is 0 Å². The van der Waals surface area contributed by atoms with Crippen molar-refractivity contribution in [1.29, 1.82) is 0 Å². The van der Waals surface area contributed by atoms with Gasteiger partial charge in [-0.15, -0.1) is 0 Å². The summed E-state index contributed by atoms with van der Waals surface area (Å²) in [7, 11) is 4.09. The average molecular weight is 337 g/mol. The summed E-state index contributed by atoms with van der Waals surface area (Å²) in [5.74, 6) is 1.66. The van der Waals surface area contributed by atoms with Gasteiger partial charge in [-0.2, -0.15) is 0 Å². The molecule has 2 N–H and O–H groups in total. The van der Waals surface area contributed by atoms with Gasteiger partial charge in [-0.1, -0.05) is 6.92 Å². The predicted octanol–water partition coefficient (Wildman–Crippen LogP) is 0.270. The summed E-state index contributed by atoms with van der Waals surface area (Å²) in [5, 5.41) is 7.21. The predicted molar refractivity (Wildman–Crippen MR) is 101 cm³/mol. The van der Waals surface area contributed by atoms with Crippen LogP contribution < -0.4 is 10.6 Å². The second kappa shape index (κ2) is 8.02. The van der Waals surface area contributed by atoms with Crippen molar-refractivity contribution in [3.05, 3.63) is 0 Å². The molecular weight excluding hydrogens is 300 g/mol. The van der Waals surface area contributed by atoms with Crippen LogP contribution in [-0.4, -0.2) is 98.7 Å². The van der Waals surface area contributed by atoms with Gasteiger partial charge >= 0.3 is 0 Å². The molecule has 1 aliphatic carbocycles. The van der Waals surface area contributed by atoms with Crippen LogP contribution in [0.1, 0.15) is 26.7 Å². The van der Waals surface area contributed by atoms with Gasteiger partial charge in [0.15, 0.2) is 5.96 Å². The van der Waals surface area contributed by atoms with E-state index in [1.807, 2.05) is 7.05 Å². The molecule has 6 heteroatoms. The first-order valence-corrected chi connectivity index (χ1v) is 9.70. The fourth-order valence-electron chi connectivity index (χ4n) is 3.94. The summed E-state index contributed by atoms with van der Waals surface area (Å²) in [5.41, 5.74) is 0. The van der Waals surface area contributed by atoms with E-state index in [1.165, 1.54) is 52.1 Å². The molecule has 3 rings (SSSR count). The largest absolute Gasteiger partial charge is 0.355 e. The zero-order chi connectivity index (χ0) is 17.1. The molecule has 24 heavy (non-hydrogen) atoms. The molecule has 3 atom stereocenters. The van der Waals surface area contributed by atoms with E-state index in [1.54, 1.807) is 0 Å². The van der Waals surface area contributed by atoms with Gasteiger partial charge in [0.25, 0.3) is 0 Å². The molecule has 1 saturated carbocycles. The second-order valence-corrected chi connectivity index (χ2v) is 8.05. The Morgan fingerprint density at radius 2 is 1.88 bits per heavy atom. The van der Waals surface area contributed by atoms with Crippen LogP contribution in [0.5, 0.6) is 0 Å². The van der Waals surface area contributed by atoms with Crippen molar-refractivity contribution in [3.8, 4) is 0 Å². The van der Waals surface area contributed by atoms with E-state index < -0.39 is 0 Å². The van der Waals surface area contributed by atoms with Gasteiger partial charge < -0.3 is 15.5 Å². The molecule has 0 radical (unpaired) electrons. The monoisotopic (exact) mass is 336 g/mol. The Bertz CT molecular complexity index is 427. The van der Waals surface area contributed by atoms with Crippen molar-refractivity contribution in [2.24, 2.45) is 10.9 Å². The van der Waals surface area contributed by atoms with E-state index in [0.717, 1.165) is 18.5 Å². The molecule has 0 aromatic carbocycles. The van der Waals surface area contributed by atoms with Crippen LogP contribution >= 0.6 is 0 Å². The molecule has 0 amide bonds. The lowest BCUT2D eigenvalue weighted by Crippen LogP contribution is -2.53. The number of piperazine rings is 1. The summed E-state index contributed by atoms with van der Waals surface area (Å²) in [6, 6.07) is 1.93. The Hall–Kier alpha value is -0.850. The van der Waals surface area contributed by atoms with Crippen LogP contribution in [0.2, 0.25) is 0 Å². The SMILES string of the molecule is CN=C(NCC(C)N1CCN(C)CC1)NC1CN(C2CC2)CC1C. The van der Waals surface area contributed by atoms with Crippen molar-refractivity contribution in [2.45, 2.75) is 44.8 Å². The highest BCUT2D eigenvalue weighted by Gasteiger charge is 2.38. The van der Waals surface area contributed by atoms with Crippen LogP contribution in [0.4, 0.5) is 0 Å². The Morgan fingerprint density at radius 3 is 2.50 bits per heavy atom. The molecule has 3 unspecified atom stereocenters. The molecular formula is C18H36N6. The maximum Gasteiger partial charge on any atom is 0.191 e. The van der Waals surface area contributed by atoms with E-state index in [0.29, 0.717) is 18.0 Å². The molecule has 0 aromatic rings. The molecule has 3 fully saturated rings. The fraction of sp³-hybridized carbons (Fsp3) is 0.944. The van der Waals surface area contributed by atoms with Crippen LogP contribution in [0.25, 0.3) is 0 Å². The molecule has 3 aliphatic rings. The number of hydrogen-bond acceptors (Lipinski definition) is 4. The summed E-state index contributed by atoms with van der Waals surface area (Å²) < 4.78 is 0. The van der Waals surface area contributed by atoms with E-state index >= 15 is 0 Å². The third-order valence-electron chi connectivity index (χ3n) is 5.98. The summed E-state index contributed by atoms with van der Waals surface area (Å²) in [6.07, 6.45) is 2.80. The molecule has 6 nitrogen and oxygen atoms in total. The van der Waals surface area contributed by atoms with Crippen LogP contribution in [-0.2, 0) is 0 Å². The summed E-state index contributed by atoms with van der Waals surface area (Å²) in [6.45, 7) is 12.7. The van der Waals surface area contributed by atoms with Gasteiger partial charge in [-0.3, -0.25) is 14.8 Å².